The van der Waals surface area contributed by atoms with Crippen LogP contribution in [-0.2, 0) is 14.8 Å². The van der Waals surface area contributed by atoms with E-state index in [1.54, 1.807) is 0 Å². The zero-order valence-electron chi connectivity index (χ0n) is 15.7. The van der Waals surface area contributed by atoms with Gasteiger partial charge in [-0.1, -0.05) is 12.1 Å². The minimum atomic E-state index is -3.93. The normalized spacial score (nSPS) is 16.1. The molecule has 2 aromatic carbocycles. The molecule has 1 fully saturated rings. The molecule has 3 rings (SSSR count). The number of carbonyl (C=O) groups is 1. The highest BCUT2D eigenvalue weighted by Gasteiger charge is 2.32. The van der Waals surface area contributed by atoms with Crippen molar-refractivity contribution in [3.8, 4) is 0 Å². The van der Waals surface area contributed by atoms with Gasteiger partial charge in [0, 0.05) is 24.7 Å². The molecule has 0 spiro atoms. The van der Waals surface area contributed by atoms with Crippen molar-refractivity contribution in [1.82, 2.24) is 4.31 Å². The van der Waals surface area contributed by atoms with Crippen molar-refractivity contribution in [2.45, 2.75) is 31.6 Å². The van der Waals surface area contributed by atoms with E-state index in [9.17, 15) is 22.0 Å². The lowest BCUT2D eigenvalue weighted by atomic mass is 9.97. The van der Waals surface area contributed by atoms with Crippen LogP contribution in [0, 0.1) is 31.4 Å². The van der Waals surface area contributed by atoms with E-state index in [2.05, 4.69) is 5.32 Å². The molecule has 5 nitrogen and oxygen atoms in total. The van der Waals surface area contributed by atoms with Crippen LogP contribution in [0.15, 0.2) is 41.3 Å². The lowest BCUT2D eigenvalue weighted by Crippen LogP contribution is -2.41. The molecule has 1 saturated heterocycles. The number of benzene rings is 2. The van der Waals surface area contributed by atoms with E-state index in [0.29, 0.717) is 18.9 Å². The van der Waals surface area contributed by atoms with Crippen LogP contribution in [0.5, 0.6) is 0 Å². The Morgan fingerprint density at radius 2 is 1.71 bits per heavy atom. The minimum Gasteiger partial charge on any atom is -0.326 e. The van der Waals surface area contributed by atoms with Crippen molar-refractivity contribution >= 4 is 21.6 Å². The smallest absolute Gasteiger partial charge is 0.243 e. The Labute approximate surface area is 163 Å². The van der Waals surface area contributed by atoms with Gasteiger partial charge in [-0.15, -0.1) is 0 Å². The van der Waals surface area contributed by atoms with Crippen LogP contribution in [-0.4, -0.2) is 31.7 Å². The monoisotopic (exact) mass is 408 g/mol. The summed E-state index contributed by atoms with van der Waals surface area (Å²) in [5, 5.41) is 2.92. The zero-order valence-corrected chi connectivity index (χ0v) is 16.5. The molecule has 1 aliphatic rings. The Hall–Kier alpha value is -2.32. The van der Waals surface area contributed by atoms with Gasteiger partial charge in [0.05, 0.1) is 4.90 Å². The van der Waals surface area contributed by atoms with E-state index >= 15 is 0 Å². The van der Waals surface area contributed by atoms with Crippen LogP contribution in [0.1, 0.15) is 24.0 Å². The lowest BCUT2D eigenvalue weighted by Gasteiger charge is -2.30. The SMILES string of the molecule is Cc1ccc(C)c(NC(=O)C2CCN(S(=O)(=O)c3ccc(F)c(F)c3)CC2)c1. The van der Waals surface area contributed by atoms with Crippen LogP contribution in [0.2, 0.25) is 0 Å². The summed E-state index contributed by atoms with van der Waals surface area (Å²) in [6.07, 6.45) is 0.721. The number of sulfonamides is 1. The molecule has 150 valence electrons. The molecule has 0 radical (unpaired) electrons. The number of anilines is 1. The fraction of sp³-hybridized carbons (Fsp3) is 0.350. The average Bonchev–Trinajstić information content (AvgIpc) is 2.67. The van der Waals surface area contributed by atoms with Gasteiger partial charge in [0.25, 0.3) is 0 Å². The Balaban J connectivity index is 1.65. The van der Waals surface area contributed by atoms with Crippen LogP contribution in [0.3, 0.4) is 0 Å². The predicted octanol–water partition coefficient (Wildman–Crippen LogP) is 3.62. The highest BCUT2D eigenvalue weighted by molar-refractivity contribution is 7.89. The Morgan fingerprint density at radius 1 is 1.04 bits per heavy atom. The maximum Gasteiger partial charge on any atom is 0.243 e. The number of piperidine rings is 1. The molecule has 1 amide bonds. The van der Waals surface area contributed by atoms with Crippen LogP contribution in [0.25, 0.3) is 0 Å². The van der Waals surface area contributed by atoms with Gasteiger partial charge in [-0.05, 0) is 62.1 Å². The van der Waals surface area contributed by atoms with Gasteiger partial charge >= 0.3 is 0 Å². The third-order valence-corrected chi connectivity index (χ3v) is 6.90. The summed E-state index contributed by atoms with van der Waals surface area (Å²) in [7, 11) is -3.93. The topological polar surface area (TPSA) is 66.5 Å². The van der Waals surface area contributed by atoms with Gasteiger partial charge in [-0.3, -0.25) is 4.79 Å². The van der Waals surface area contributed by atoms with Gasteiger partial charge in [0.1, 0.15) is 0 Å². The largest absolute Gasteiger partial charge is 0.326 e. The molecule has 0 aliphatic carbocycles. The summed E-state index contributed by atoms with van der Waals surface area (Å²) >= 11 is 0. The lowest BCUT2D eigenvalue weighted by molar-refractivity contribution is -0.120. The molecule has 0 unspecified atom stereocenters. The fourth-order valence-corrected chi connectivity index (χ4v) is 4.73. The summed E-state index contributed by atoms with van der Waals surface area (Å²) in [5.74, 6) is -2.75. The average molecular weight is 408 g/mol. The van der Waals surface area contributed by atoms with Crippen LogP contribution in [0.4, 0.5) is 14.5 Å². The molecular formula is C20H22F2N2O3S. The van der Waals surface area contributed by atoms with E-state index in [1.807, 2.05) is 32.0 Å². The van der Waals surface area contributed by atoms with E-state index in [4.69, 9.17) is 0 Å². The number of nitrogens with zero attached hydrogens (tertiary/aromatic N) is 1. The molecule has 2 aromatic rings. The summed E-state index contributed by atoms with van der Waals surface area (Å²) < 4.78 is 53.0. The quantitative estimate of drug-likeness (QED) is 0.840. The second kappa shape index (κ2) is 7.97. The van der Waals surface area contributed by atoms with Gasteiger partial charge in [0.2, 0.25) is 15.9 Å². The summed E-state index contributed by atoms with van der Waals surface area (Å²) in [6.45, 7) is 4.14. The highest BCUT2D eigenvalue weighted by Crippen LogP contribution is 2.26. The first-order valence-electron chi connectivity index (χ1n) is 9.02. The fourth-order valence-electron chi connectivity index (χ4n) is 3.25. The predicted molar refractivity (Wildman–Crippen MR) is 102 cm³/mol. The zero-order chi connectivity index (χ0) is 20.5. The summed E-state index contributed by atoms with van der Waals surface area (Å²) in [6, 6.07) is 8.33. The number of halogens is 2. The standard InChI is InChI=1S/C20H22F2N2O3S/c1-13-3-4-14(2)19(11-13)23-20(25)15-7-9-24(10-8-15)28(26,27)16-5-6-17(21)18(22)12-16/h3-6,11-12,15H,7-10H2,1-2H3,(H,23,25). The van der Waals surface area contributed by atoms with E-state index in [-0.39, 0.29) is 29.8 Å². The maximum atomic E-state index is 13.4. The molecule has 1 aliphatic heterocycles. The number of carbonyl (C=O) groups excluding carboxylic acids is 1. The molecule has 8 heteroatoms. The number of aryl methyl sites for hydroxylation is 2. The van der Waals surface area contributed by atoms with E-state index < -0.39 is 21.7 Å². The van der Waals surface area contributed by atoms with Crippen LogP contribution >= 0.6 is 0 Å². The highest BCUT2D eigenvalue weighted by atomic mass is 32.2. The molecule has 0 saturated carbocycles. The first-order chi connectivity index (χ1) is 13.2. The number of hydrogen-bond donors (Lipinski definition) is 1. The molecule has 0 aromatic heterocycles. The van der Waals surface area contributed by atoms with Crippen molar-refractivity contribution in [2.24, 2.45) is 5.92 Å². The molecule has 1 N–H and O–H groups in total. The third kappa shape index (κ3) is 4.23. The number of nitrogens with one attached hydrogen (secondary N) is 1. The van der Waals surface area contributed by atoms with Crippen molar-refractivity contribution in [2.75, 3.05) is 18.4 Å². The third-order valence-electron chi connectivity index (χ3n) is 5.00. The van der Waals surface area contributed by atoms with Gasteiger partial charge in [-0.2, -0.15) is 4.31 Å². The Morgan fingerprint density at radius 3 is 2.36 bits per heavy atom. The number of rotatable bonds is 4. The van der Waals surface area contributed by atoms with Crippen molar-refractivity contribution < 1.29 is 22.0 Å². The Kier molecular flexibility index (Phi) is 5.81. The Bertz CT molecular complexity index is 1000. The molecule has 0 bridgehead atoms. The first-order valence-corrected chi connectivity index (χ1v) is 10.5. The van der Waals surface area contributed by atoms with Gasteiger partial charge < -0.3 is 5.32 Å². The summed E-state index contributed by atoms with van der Waals surface area (Å²) in [5.41, 5.74) is 2.74. The van der Waals surface area contributed by atoms with Crippen molar-refractivity contribution in [3.05, 3.63) is 59.2 Å². The molecular weight excluding hydrogens is 386 g/mol. The minimum absolute atomic E-state index is 0.140. The number of amides is 1. The van der Waals surface area contributed by atoms with E-state index in [1.165, 1.54) is 4.31 Å². The van der Waals surface area contributed by atoms with Gasteiger partial charge in [0.15, 0.2) is 11.6 Å². The first kappa shape index (κ1) is 20.4. The molecule has 1 heterocycles. The maximum absolute atomic E-state index is 13.4. The van der Waals surface area contributed by atoms with Crippen molar-refractivity contribution in [3.63, 3.8) is 0 Å². The molecule has 0 atom stereocenters. The van der Waals surface area contributed by atoms with Crippen LogP contribution < -0.4 is 5.32 Å². The summed E-state index contributed by atoms with van der Waals surface area (Å²) in [4.78, 5) is 12.3. The van der Waals surface area contributed by atoms with Gasteiger partial charge in [-0.25, -0.2) is 17.2 Å². The van der Waals surface area contributed by atoms with Crippen molar-refractivity contribution in [1.29, 1.82) is 0 Å². The molecule has 28 heavy (non-hydrogen) atoms. The second-order valence-corrected chi connectivity index (χ2v) is 9.00. The number of hydrogen-bond acceptors (Lipinski definition) is 3. The second-order valence-electron chi connectivity index (χ2n) is 7.06. The van der Waals surface area contributed by atoms with E-state index in [0.717, 1.165) is 28.9 Å².